The van der Waals surface area contributed by atoms with Crippen molar-refractivity contribution in [3.63, 3.8) is 0 Å². The Bertz CT molecular complexity index is 1280. The molecule has 0 unspecified atom stereocenters. The van der Waals surface area contributed by atoms with Crippen LogP contribution in [-0.2, 0) is 0 Å². The average molecular weight is 346 g/mol. The number of rotatable bonds is 3. The van der Waals surface area contributed by atoms with Crippen molar-refractivity contribution >= 4 is 33.4 Å². The second-order valence-corrected chi connectivity index (χ2v) is 6.62. The largest absolute Gasteiger partial charge is 0.316 e. The molecular formula is C25H18N2. The van der Waals surface area contributed by atoms with Gasteiger partial charge in [-0.25, -0.2) is 0 Å². The molecule has 0 fully saturated rings. The van der Waals surface area contributed by atoms with Crippen LogP contribution in [0.4, 0.5) is 5.69 Å². The molecule has 0 radical (unpaired) electrons. The van der Waals surface area contributed by atoms with E-state index in [1.54, 1.807) is 0 Å². The molecule has 0 bridgehead atoms. The van der Waals surface area contributed by atoms with E-state index in [2.05, 4.69) is 108 Å². The lowest BCUT2D eigenvalue weighted by Gasteiger charge is -2.08. The van der Waals surface area contributed by atoms with Crippen molar-refractivity contribution in [3.05, 3.63) is 109 Å². The summed E-state index contributed by atoms with van der Waals surface area (Å²) in [6.45, 7) is 0. The van der Waals surface area contributed by atoms with Gasteiger partial charge in [0.2, 0.25) is 0 Å². The first-order chi connectivity index (χ1) is 13.4. The molecule has 5 rings (SSSR count). The molecule has 27 heavy (non-hydrogen) atoms. The van der Waals surface area contributed by atoms with Crippen molar-refractivity contribution in [2.24, 2.45) is 4.99 Å². The number of benzene rings is 4. The van der Waals surface area contributed by atoms with Gasteiger partial charge >= 0.3 is 0 Å². The van der Waals surface area contributed by atoms with Crippen LogP contribution in [0.2, 0.25) is 0 Å². The number of fused-ring (bicyclic) bond motifs is 2. The molecular weight excluding hydrogens is 328 g/mol. The monoisotopic (exact) mass is 346 g/mol. The van der Waals surface area contributed by atoms with Gasteiger partial charge < -0.3 is 4.57 Å². The van der Waals surface area contributed by atoms with Gasteiger partial charge in [-0.15, -0.1) is 0 Å². The van der Waals surface area contributed by atoms with E-state index in [0.29, 0.717) is 0 Å². The molecule has 0 amide bonds. The van der Waals surface area contributed by atoms with E-state index >= 15 is 0 Å². The SMILES string of the molecule is C(=Nc1ccc2ccccc2c1)c1cccn1-c1ccc2ccccc2c1. The van der Waals surface area contributed by atoms with Crippen LogP contribution in [0.15, 0.2) is 108 Å². The molecule has 2 heteroatoms. The summed E-state index contributed by atoms with van der Waals surface area (Å²) in [5, 5.41) is 4.92. The third-order valence-electron chi connectivity index (χ3n) is 4.87. The van der Waals surface area contributed by atoms with Gasteiger partial charge in [-0.05, 0) is 57.9 Å². The van der Waals surface area contributed by atoms with Crippen molar-refractivity contribution in [2.75, 3.05) is 0 Å². The van der Waals surface area contributed by atoms with Gasteiger partial charge in [-0.2, -0.15) is 0 Å². The summed E-state index contributed by atoms with van der Waals surface area (Å²) in [7, 11) is 0. The van der Waals surface area contributed by atoms with Crippen LogP contribution in [0.5, 0.6) is 0 Å². The quantitative estimate of drug-likeness (QED) is 0.330. The number of aromatic nitrogens is 1. The molecule has 1 heterocycles. The minimum absolute atomic E-state index is 0.958. The molecule has 0 saturated heterocycles. The van der Waals surface area contributed by atoms with E-state index in [4.69, 9.17) is 4.99 Å². The summed E-state index contributed by atoms with van der Waals surface area (Å²) in [4.78, 5) is 4.70. The summed E-state index contributed by atoms with van der Waals surface area (Å²) in [5.41, 5.74) is 3.15. The Labute approximate surface area is 158 Å². The Morgan fingerprint density at radius 3 is 2.04 bits per heavy atom. The van der Waals surface area contributed by atoms with E-state index in [0.717, 1.165) is 17.1 Å². The lowest BCUT2D eigenvalue weighted by molar-refractivity contribution is 1.07. The highest BCUT2D eigenvalue weighted by Crippen LogP contribution is 2.22. The third-order valence-corrected chi connectivity index (χ3v) is 4.87. The summed E-state index contributed by atoms with van der Waals surface area (Å²) in [6.07, 6.45) is 4.01. The molecule has 2 nitrogen and oxygen atoms in total. The number of nitrogens with zero attached hydrogens (tertiary/aromatic N) is 2. The van der Waals surface area contributed by atoms with Crippen molar-refractivity contribution < 1.29 is 0 Å². The maximum Gasteiger partial charge on any atom is 0.0639 e. The fourth-order valence-electron chi connectivity index (χ4n) is 3.46. The van der Waals surface area contributed by atoms with E-state index in [-0.39, 0.29) is 0 Å². The predicted molar refractivity (Wildman–Crippen MR) is 114 cm³/mol. The van der Waals surface area contributed by atoms with Crippen molar-refractivity contribution in [1.82, 2.24) is 4.57 Å². The first kappa shape index (κ1) is 15.6. The minimum atomic E-state index is 0.958. The summed E-state index contributed by atoms with van der Waals surface area (Å²) < 4.78 is 2.16. The standard InChI is InChI=1S/C25H18N2/c1-3-8-21-16-23(13-11-19(21)6-1)26-18-25-10-5-15-27(25)24-14-12-20-7-2-4-9-22(20)17-24/h1-18H. The van der Waals surface area contributed by atoms with Gasteiger partial charge in [-0.1, -0.05) is 60.7 Å². The highest BCUT2D eigenvalue weighted by Gasteiger charge is 2.03. The van der Waals surface area contributed by atoms with Crippen LogP contribution in [0.1, 0.15) is 5.69 Å². The van der Waals surface area contributed by atoms with E-state index in [1.807, 2.05) is 6.21 Å². The van der Waals surface area contributed by atoms with Crippen LogP contribution in [0.25, 0.3) is 27.2 Å². The van der Waals surface area contributed by atoms with Gasteiger partial charge in [0.15, 0.2) is 0 Å². The predicted octanol–water partition coefficient (Wildman–Crippen LogP) is 6.53. The van der Waals surface area contributed by atoms with Gasteiger partial charge in [-0.3, -0.25) is 4.99 Å². The second kappa shape index (κ2) is 6.58. The Morgan fingerprint density at radius 1 is 0.593 bits per heavy atom. The minimum Gasteiger partial charge on any atom is -0.316 e. The van der Waals surface area contributed by atoms with E-state index in [1.165, 1.54) is 21.5 Å². The van der Waals surface area contributed by atoms with Gasteiger partial charge in [0.1, 0.15) is 0 Å². The number of hydrogen-bond acceptors (Lipinski definition) is 1. The normalized spacial score (nSPS) is 11.6. The van der Waals surface area contributed by atoms with Crippen molar-refractivity contribution in [3.8, 4) is 5.69 Å². The average Bonchev–Trinajstić information content (AvgIpc) is 3.20. The summed E-state index contributed by atoms with van der Waals surface area (Å²) >= 11 is 0. The van der Waals surface area contributed by atoms with Crippen LogP contribution in [0.3, 0.4) is 0 Å². The summed E-state index contributed by atoms with van der Waals surface area (Å²) in [5.74, 6) is 0. The zero-order valence-electron chi connectivity index (χ0n) is 14.8. The molecule has 0 spiro atoms. The van der Waals surface area contributed by atoms with Crippen LogP contribution < -0.4 is 0 Å². The first-order valence-corrected chi connectivity index (χ1v) is 9.06. The molecule has 5 aromatic rings. The van der Waals surface area contributed by atoms with Gasteiger partial charge in [0.05, 0.1) is 17.6 Å². The fourth-order valence-corrected chi connectivity index (χ4v) is 3.46. The molecule has 4 aromatic carbocycles. The fraction of sp³-hybridized carbons (Fsp3) is 0. The third kappa shape index (κ3) is 3.02. The highest BCUT2D eigenvalue weighted by molar-refractivity contribution is 5.88. The number of aliphatic imine (C=N–C) groups is 1. The van der Waals surface area contributed by atoms with Gasteiger partial charge in [0.25, 0.3) is 0 Å². The van der Waals surface area contributed by atoms with Crippen LogP contribution >= 0.6 is 0 Å². The highest BCUT2D eigenvalue weighted by atomic mass is 15.0. The van der Waals surface area contributed by atoms with Crippen molar-refractivity contribution in [1.29, 1.82) is 0 Å². The van der Waals surface area contributed by atoms with Crippen molar-refractivity contribution in [2.45, 2.75) is 0 Å². The molecule has 0 aliphatic rings. The molecule has 0 saturated carbocycles. The first-order valence-electron chi connectivity index (χ1n) is 9.06. The Balaban J connectivity index is 1.50. The second-order valence-electron chi connectivity index (χ2n) is 6.62. The Kier molecular flexibility index (Phi) is 3.80. The van der Waals surface area contributed by atoms with Crippen LogP contribution in [0, 0.1) is 0 Å². The van der Waals surface area contributed by atoms with Crippen LogP contribution in [-0.4, -0.2) is 10.8 Å². The Morgan fingerprint density at radius 2 is 1.26 bits per heavy atom. The molecule has 0 aliphatic heterocycles. The lowest BCUT2D eigenvalue weighted by Crippen LogP contribution is -1.97. The lowest BCUT2D eigenvalue weighted by atomic mass is 10.1. The van der Waals surface area contributed by atoms with E-state index in [9.17, 15) is 0 Å². The molecule has 0 aliphatic carbocycles. The topological polar surface area (TPSA) is 17.3 Å². The molecule has 128 valence electrons. The van der Waals surface area contributed by atoms with Gasteiger partial charge in [0, 0.05) is 11.9 Å². The van der Waals surface area contributed by atoms with E-state index < -0.39 is 0 Å². The molecule has 0 N–H and O–H groups in total. The molecule has 1 aromatic heterocycles. The number of hydrogen-bond donors (Lipinski definition) is 0. The zero-order chi connectivity index (χ0) is 18.1. The summed E-state index contributed by atoms with van der Waals surface area (Å²) in [6, 6.07) is 33.7. The zero-order valence-corrected chi connectivity index (χ0v) is 14.8. The Hall–Kier alpha value is -3.65. The maximum atomic E-state index is 4.70. The molecule has 0 atom stereocenters. The smallest absolute Gasteiger partial charge is 0.0639 e. The maximum absolute atomic E-state index is 4.70.